The van der Waals surface area contributed by atoms with Gasteiger partial charge in [0.05, 0.1) is 5.69 Å². The van der Waals surface area contributed by atoms with E-state index in [4.69, 9.17) is 17.3 Å². The molecule has 94 valence electrons. The van der Waals surface area contributed by atoms with Crippen LogP contribution in [0.2, 0.25) is 5.02 Å². The zero-order chi connectivity index (χ0) is 12.4. The molecule has 2 rings (SSSR count). The Morgan fingerprint density at radius 3 is 2.94 bits per heavy atom. The maximum Gasteiger partial charge on any atom is 0.0502 e. The normalized spacial score (nSPS) is 24.0. The van der Waals surface area contributed by atoms with Crippen molar-refractivity contribution in [1.29, 1.82) is 0 Å². The lowest BCUT2D eigenvalue weighted by atomic mass is 10.0. The summed E-state index contributed by atoms with van der Waals surface area (Å²) in [6, 6.07) is 4.53. The van der Waals surface area contributed by atoms with Crippen molar-refractivity contribution >= 4 is 33.2 Å². The third-order valence-corrected chi connectivity index (χ3v) is 4.61. The minimum Gasteiger partial charge on any atom is -0.381 e. The molecule has 2 atom stereocenters. The number of rotatable bonds is 3. The summed E-state index contributed by atoms with van der Waals surface area (Å²) in [6.45, 7) is 2.77. The molecule has 3 N–H and O–H groups in total. The van der Waals surface area contributed by atoms with Gasteiger partial charge in [-0.2, -0.15) is 0 Å². The van der Waals surface area contributed by atoms with E-state index in [0.717, 1.165) is 27.3 Å². The fourth-order valence-corrected chi connectivity index (χ4v) is 3.20. The summed E-state index contributed by atoms with van der Waals surface area (Å²) in [5.41, 5.74) is 7.96. The van der Waals surface area contributed by atoms with Crippen molar-refractivity contribution in [2.75, 3.05) is 11.9 Å². The first-order chi connectivity index (χ1) is 8.11. The van der Waals surface area contributed by atoms with E-state index in [0.29, 0.717) is 12.0 Å². The largest absolute Gasteiger partial charge is 0.381 e. The van der Waals surface area contributed by atoms with Gasteiger partial charge in [-0.15, -0.1) is 0 Å². The van der Waals surface area contributed by atoms with Crippen molar-refractivity contribution in [3.05, 3.63) is 27.2 Å². The van der Waals surface area contributed by atoms with Crippen LogP contribution < -0.4 is 11.1 Å². The van der Waals surface area contributed by atoms with Gasteiger partial charge in [-0.25, -0.2) is 0 Å². The Hall–Kier alpha value is -0.250. The molecule has 0 spiro atoms. The molecule has 1 aliphatic rings. The first-order valence-corrected chi connectivity index (χ1v) is 7.21. The average molecular weight is 318 g/mol. The van der Waals surface area contributed by atoms with Crippen LogP contribution in [0.15, 0.2) is 16.6 Å². The number of nitrogens with two attached hydrogens (primary N) is 1. The van der Waals surface area contributed by atoms with Crippen LogP contribution in [0, 0.1) is 12.8 Å². The van der Waals surface area contributed by atoms with Gasteiger partial charge in [0.1, 0.15) is 0 Å². The summed E-state index contributed by atoms with van der Waals surface area (Å²) >= 11 is 9.73. The van der Waals surface area contributed by atoms with Gasteiger partial charge in [0, 0.05) is 15.5 Å². The molecule has 0 amide bonds. The van der Waals surface area contributed by atoms with E-state index in [9.17, 15) is 0 Å². The minimum absolute atomic E-state index is 0.482. The van der Waals surface area contributed by atoms with Gasteiger partial charge < -0.3 is 11.1 Å². The molecular weight excluding hydrogens is 300 g/mol. The predicted molar refractivity (Wildman–Crippen MR) is 77.7 cm³/mol. The lowest BCUT2D eigenvalue weighted by molar-refractivity contribution is 0.516. The summed E-state index contributed by atoms with van der Waals surface area (Å²) in [5.74, 6) is 0.585. The van der Waals surface area contributed by atoms with Crippen LogP contribution in [0.3, 0.4) is 0 Å². The van der Waals surface area contributed by atoms with E-state index >= 15 is 0 Å². The van der Waals surface area contributed by atoms with Crippen molar-refractivity contribution in [1.82, 2.24) is 0 Å². The lowest BCUT2D eigenvalue weighted by Gasteiger charge is -2.22. The molecule has 0 saturated heterocycles. The molecule has 1 aromatic carbocycles. The maximum absolute atomic E-state index is 6.16. The predicted octanol–water partition coefficient (Wildman–Crippen LogP) is 3.95. The Kier molecular flexibility index (Phi) is 4.34. The number of aryl methyl sites for hydroxylation is 1. The van der Waals surface area contributed by atoms with Crippen molar-refractivity contribution in [2.45, 2.75) is 32.2 Å². The van der Waals surface area contributed by atoms with E-state index in [1.54, 1.807) is 0 Å². The molecule has 2 nitrogen and oxygen atoms in total. The van der Waals surface area contributed by atoms with E-state index < -0.39 is 0 Å². The van der Waals surface area contributed by atoms with Crippen LogP contribution in [0.25, 0.3) is 0 Å². The number of halogens is 2. The van der Waals surface area contributed by atoms with E-state index in [1.807, 2.05) is 13.0 Å². The van der Waals surface area contributed by atoms with Crippen molar-refractivity contribution in [3.63, 3.8) is 0 Å². The molecule has 0 aromatic heterocycles. The van der Waals surface area contributed by atoms with Gasteiger partial charge in [-0.1, -0.05) is 18.0 Å². The quantitative estimate of drug-likeness (QED) is 0.886. The molecule has 2 unspecified atom stereocenters. The zero-order valence-electron chi connectivity index (χ0n) is 9.97. The molecule has 0 radical (unpaired) electrons. The Morgan fingerprint density at radius 1 is 1.47 bits per heavy atom. The third-order valence-electron chi connectivity index (χ3n) is 3.55. The average Bonchev–Trinajstić information content (AvgIpc) is 2.73. The Morgan fingerprint density at radius 2 is 2.24 bits per heavy atom. The molecule has 0 aliphatic heterocycles. The van der Waals surface area contributed by atoms with Gasteiger partial charge in [0.2, 0.25) is 0 Å². The van der Waals surface area contributed by atoms with Gasteiger partial charge in [0.25, 0.3) is 0 Å². The van der Waals surface area contributed by atoms with Crippen molar-refractivity contribution in [3.8, 4) is 0 Å². The Labute approximate surface area is 116 Å². The van der Waals surface area contributed by atoms with Crippen molar-refractivity contribution < 1.29 is 0 Å². The Bertz CT molecular complexity index is 409. The minimum atomic E-state index is 0.482. The van der Waals surface area contributed by atoms with E-state index in [1.165, 1.54) is 19.3 Å². The Balaban J connectivity index is 2.15. The molecule has 1 aromatic rings. The molecular formula is C13H18BrClN2. The van der Waals surface area contributed by atoms with Crippen LogP contribution in [-0.4, -0.2) is 12.6 Å². The van der Waals surface area contributed by atoms with E-state index in [2.05, 4.69) is 27.3 Å². The van der Waals surface area contributed by atoms with Gasteiger partial charge in [0.15, 0.2) is 0 Å². The molecule has 1 saturated carbocycles. The number of benzene rings is 1. The summed E-state index contributed by atoms with van der Waals surface area (Å²) in [7, 11) is 0. The number of hydrogen-bond acceptors (Lipinski definition) is 2. The van der Waals surface area contributed by atoms with Crippen LogP contribution in [0.5, 0.6) is 0 Å². The highest BCUT2D eigenvalue weighted by atomic mass is 79.9. The fourth-order valence-electron chi connectivity index (χ4n) is 2.47. The third kappa shape index (κ3) is 2.95. The van der Waals surface area contributed by atoms with Crippen LogP contribution in [-0.2, 0) is 0 Å². The molecule has 1 fully saturated rings. The molecule has 4 heteroatoms. The summed E-state index contributed by atoms with van der Waals surface area (Å²) in [4.78, 5) is 0. The van der Waals surface area contributed by atoms with Crippen LogP contribution in [0.1, 0.15) is 24.8 Å². The highest BCUT2D eigenvalue weighted by Crippen LogP contribution is 2.33. The second-order valence-electron chi connectivity index (χ2n) is 4.76. The van der Waals surface area contributed by atoms with Crippen LogP contribution >= 0.6 is 27.5 Å². The molecule has 0 heterocycles. The van der Waals surface area contributed by atoms with E-state index in [-0.39, 0.29) is 0 Å². The number of nitrogens with one attached hydrogen (secondary N) is 1. The highest BCUT2D eigenvalue weighted by molar-refractivity contribution is 9.10. The molecule has 17 heavy (non-hydrogen) atoms. The first-order valence-electron chi connectivity index (χ1n) is 6.04. The lowest BCUT2D eigenvalue weighted by Crippen LogP contribution is -2.29. The fraction of sp³-hybridized carbons (Fsp3) is 0.538. The number of anilines is 1. The number of hydrogen-bond donors (Lipinski definition) is 2. The van der Waals surface area contributed by atoms with Crippen molar-refractivity contribution in [2.24, 2.45) is 11.7 Å². The second kappa shape index (κ2) is 5.59. The summed E-state index contributed by atoms with van der Waals surface area (Å²) in [5, 5.41) is 4.37. The van der Waals surface area contributed by atoms with Gasteiger partial charge >= 0.3 is 0 Å². The second-order valence-corrected chi connectivity index (χ2v) is 6.02. The van der Waals surface area contributed by atoms with Gasteiger partial charge in [-0.3, -0.25) is 0 Å². The summed E-state index contributed by atoms with van der Waals surface area (Å²) in [6.07, 6.45) is 3.68. The topological polar surface area (TPSA) is 38.0 Å². The standard InChI is InChI=1S/C13H18BrClN2/c1-8-5-10(14)13(6-11(8)15)17-12-4-2-3-9(12)7-16/h5-6,9,12,17H,2-4,7,16H2,1H3. The maximum atomic E-state index is 6.16. The zero-order valence-corrected chi connectivity index (χ0v) is 12.3. The summed E-state index contributed by atoms with van der Waals surface area (Å²) < 4.78 is 1.07. The van der Waals surface area contributed by atoms with Gasteiger partial charge in [-0.05, 0) is 65.9 Å². The first kappa shape index (κ1) is 13.2. The monoisotopic (exact) mass is 316 g/mol. The van der Waals surface area contributed by atoms with Crippen LogP contribution in [0.4, 0.5) is 5.69 Å². The SMILES string of the molecule is Cc1cc(Br)c(NC2CCCC2CN)cc1Cl. The highest BCUT2D eigenvalue weighted by Gasteiger charge is 2.26. The molecule has 0 bridgehead atoms. The smallest absolute Gasteiger partial charge is 0.0502 e. The molecule has 1 aliphatic carbocycles.